The van der Waals surface area contributed by atoms with E-state index in [1.165, 1.54) is 6.07 Å². The fourth-order valence-corrected chi connectivity index (χ4v) is 1.58. The van der Waals surface area contributed by atoms with Crippen molar-refractivity contribution in [3.63, 3.8) is 0 Å². The first kappa shape index (κ1) is 13.8. The lowest BCUT2D eigenvalue weighted by molar-refractivity contribution is -0.159. The maximum Gasteiger partial charge on any atom is 0.471 e. The van der Waals surface area contributed by atoms with Crippen molar-refractivity contribution in [1.82, 2.24) is 10.1 Å². The highest BCUT2D eigenvalue weighted by Crippen LogP contribution is 2.31. The number of halogens is 5. The van der Waals surface area contributed by atoms with Crippen molar-refractivity contribution in [2.45, 2.75) is 11.9 Å². The van der Waals surface area contributed by atoms with E-state index in [0.29, 0.717) is 0 Å². The van der Waals surface area contributed by atoms with Gasteiger partial charge in [0.1, 0.15) is 0 Å². The van der Waals surface area contributed by atoms with Crippen LogP contribution in [0.15, 0.2) is 16.7 Å². The van der Waals surface area contributed by atoms with E-state index in [1.807, 2.05) is 0 Å². The molecule has 0 unspecified atom stereocenters. The smallest absolute Gasteiger partial charge is 0.329 e. The van der Waals surface area contributed by atoms with Gasteiger partial charge in [0.15, 0.2) is 11.6 Å². The Labute approximate surface area is 108 Å². The zero-order chi connectivity index (χ0) is 14.2. The Hall–Kier alpha value is -1.64. The summed E-state index contributed by atoms with van der Waals surface area (Å²) >= 11 is 3.79. The molecule has 1 aromatic carbocycles. The van der Waals surface area contributed by atoms with Crippen LogP contribution >= 0.6 is 12.6 Å². The number of benzene rings is 1. The summed E-state index contributed by atoms with van der Waals surface area (Å²) in [6, 6.07) is 2.25. The molecule has 0 atom stereocenters. The molecule has 0 saturated carbocycles. The highest BCUT2D eigenvalue weighted by Gasteiger charge is 2.38. The Kier molecular flexibility index (Phi) is 3.48. The van der Waals surface area contributed by atoms with Gasteiger partial charge in [-0.3, -0.25) is 0 Å². The second-order valence-corrected chi connectivity index (χ2v) is 3.80. The van der Waals surface area contributed by atoms with Crippen LogP contribution in [0.2, 0.25) is 0 Å². The fourth-order valence-electron chi connectivity index (χ4n) is 1.33. The molecule has 0 spiro atoms. The maximum absolute atomic E-state index is 13.6. The van der Waals surface area contributed by atoms with Gasteiger partial charge in [-0.1, -0.05) is 11.2 Å². The van der Waals surface area contributed by atoms with Crippen molar-refractivity contribution >= 4 is 12.6 Å². The summed E-state index contributed by atoms with van der Waals surface area (Å²) in [5, 5.41) is 2.98. The molecule has 1 aromatic heterocycles. The van der Waals surface area contributed by atoms with Crippen molar-refractivity contribution in [3.05, 3.63) is 35.2 Å². The number of hydrogen-bond acceptors (Lipinski definition) is 4. The standard InChI is InChI=1S/C10H5F5N2OS/c11-6-4(3-19)1-2-5(7(6)12)8-16-9(18-17-8)10(13,14)15/h1-2,19H,3H2. The number of nitrogens with zero attached hydrogens (tertiary/aromatic N) is 2. The van der Waals surface area contributed by atoms with Crippen LogP contribution in [0.25, 0.3) is 11.4 Å². The van der Waals surface area contributed by atoms with Gasteiger partial charge in [-0.25, -0.2) is 8.78 Å². The monoisotopic (exact) mass is 296 g/mol. The second-order valence-electron chi connectivity index (χ2n) is 3.48. The molecule has 19 heavy (non-hydrogen) atoms. The van der Waals surface area contributed by atoms with Crippen LogP contribution < -0.4 is 0 Å². The minimum absolute atomic E-state index is 0.0240. The molecule has 102 valence electrons. The molecule has 0 N–H and O–H groups in total. The molecule has 9 heteroatoms. The second kappa shape index (κ2) is 4.80. The number of aromatic nitrogens is 2. The van der Waals surface area contributed by atoms with Gasteiger partial charge in [-0.2, -0.15) is 30.8 Å². The molecular weight excluding hydrogens is 291 g/mol. The quantitative estimate of drug-likeness (QED) is 0.681. The van der Waals surface area contributed by atoms with Crippen molar-refractivity contribution in [3.8, 4) is 11.4 Å². The number of thiol groups is 1. The van der Waals surface area contributed by atoms with E-state index in [0.717, 1.165) is 6.07 Å². The first-order chi connectivity index (χ1) is 8.84. The first-order valence-electron chi connectivity index (χ1n) is 4.83. The van der Waals surface area contributed by atoms with Crippen molar-refractivity contribution in [2.75, 3.05) is 0 Å². The van der Waals surface area contributed by atoms with Crippen LogP contribution in [0.5, 0.6) is 0 Å². The number of alkyl halides is 3. The molecular formula is C10H5F5N2OS. The number of rotatable bonds is 2. The van der Waals surface area contributed by atoms with Gasteiger partial charge in [0.05, 0.1) is 5.56 Å². The minimum atomic E-state index is -4.84. The van der Waals surface area contributed by atoms with Crippen molar-refractivity contribution in [1.29, 1.82) is 0 Å². The normalized spacial score (nSPS) is 11.9. The molecule has 0 saturated heterocycles. The van der Waals surface area contributed by atoms with Gasteiger partial charge in [0.2, 0.25) is 5.82 Å². The lowest BCUT2D eigenvalue weighted by Crippen LogP contribution is -2.05. The average molecular weight is 296 g/mol. The van der Waals surface area contributed by atoms with Crippen molar-refractivity contribution in [2.24, 2.45) is 0 Å². The van der Waals surface area contributed by atoms with Crippen LogP contribution in [-0.4, -0.2) is 10.1 Å². The molecule has 0 radical (unpaired) electrons. The topological polar surface area (TPSA) is 38.9 Å². The van der Waals surface area contributed by atoms with E-state index in [-0.39, 0.29) is 11.3 Å². The molecule has 2 rings (SSSR count). The average Bonchev–Trinajstić information content (AvgIpc) is 2.81. The Morgan fingerprint density at radius 1 is 1.16 bits per heavy atom. The molecule has 0 amide bonds. The van der Waals surface area contributed by atoms with E-state index in [2.05, 4.69) is 27.3 Å². The summed E-state index contributed by atoms with van der Waals surface area (Å²) < 4.78 is 67.8. The van der Waals surface area contributed by atoms with Crippen molar-refractivity contribution < 1.29 is 26.5 Å². The third kappa shape index (κ3) is 2.55. The fraction of sp³-hybridized carbons (Fsp3) is 0.200. The Bertz CT molecular complexity index is 610. The zero-order valence-corrected chi connectivity index (χ0v) is 9.90. The van der Waals surface area contributed by atoms with Crippen LogP contribution in [-0.2, 0) is 11.9 Å². The van der Waals surface area contributed by atoms with E-state index in [4.69, 9.17) is 0 Å². The first-order valence-corrected chi connectivity index (χ1v) is 5.47. The van der Waals surface area contributed by atoms with Gasteiger partial charge in [0.25, 0.3) is 0 Å². The summed E-state index contributed by atoms with van der Waals surface area (Å²) in [6.07, 6.45) is -4.84. The summed E-state index contributed by atoms with van der Waals surface area (Å²) in [5.74, 6) is -4.90. The Morgan fingerprint density at radius 3 is 2.37 bits per heavy atom. The molecule has 0 fully saturated rings. The summed E-state index contributed by atoms with van der Waals surface area (Å²) in [6.45, 7) is 0. The lowest BCUT2D eigenvalue weighted by Gasteiger charge is -2.03. The van der Waals surface area contributed by atoms with E-state index < -0.39 is 35.1 Å². The lowest BCUT2D eigenvalue weighted by atomic mass is 10.1. The van der Waals surface area contributed by atoms with Gasteiger partial charge < -0.3 is 4.52 Å². The molecule has 0 aliphatic heterocycles. The SMILES string of the molecule is Fc1c(CS)ccc(-c2noc(C(F)(F)F)n2)c1F. The van der Waals surface area contributed by atoms with Gasteiger partial charge >= 0.3 is 12.1 Å². The highest BCUT2D eigenvalue weighted by molar-refractivity contribution is 7.79. The molecule has 2 aromatic rings. The maximum atomic E-state index is 13.6. The summed E-state index contributed by atoms with van der Waals surface area (Å²) in [5.41, 5.74) is -0.536. The third-order valence-corrected chi connectivity index (χ3v) is 2.58. The molecule has 0 aliphatic rings. The predicted molar refractivity (Wildman–Crippen MR) is 57.3 cm³/mol. The Balaban J connectivity index is 2.48. The van der Waals surface area contributed by atoms with Gasteiger partial charge in [-0.15, -0.1) is 0 Å². The minimum Gasteiger partial charge on any atom is -0.329 e. The van der Waals surface area contributed by atoms with E-state index in [1.54, 1.807) is 0 Å². The van der Waals surface area contributed by atoms with Crippen LogP contribution in [0, 0.1) is 11.6 Å². The molecule has 1 heterocycles. The molecule has 3 nitrogen and oxygen atoms in total. The zero-order valence-electron chi connectivity index (χ0n) is 9.00. The predicted octanol–water partition coefficient (Wildman–Crippen LogP) is 3.46. The summed E-state index contributed by atoms with van der Waals surface area (Å²) in [7, 11) is 0. The Morgan fingerprint density at radius 2 is 1.84 bits per heavy atom. The highest BCUT2D eigenvalue weighted by atomic mass is 32.1. The van der Waals surface area contributed by atoms with Crippen LogP contribution in [0.4, 0.5) is 22.0 Å². The van der Waals surface area contributed by atoms with E-state index >= 15 is 0 Å². The number of hydrogen-bond donors (Lipinski definition) is 1. The molecule has 0 aliphatic carbocycles. The van der Waals surface area contributed by atoms with Crippen LogP contribution in [0.1, 0.15) is 11.5 Å². The largest absolute Gasteiger partial charge is 0.471 e. The van der Waals surface area contributed by atoms with Crippen LogP contribution in [0.3, 0.4) is 0 Å². The van der Waals surface area contributed by atoms with Gasteiger partial charge in [0, 0.05) is 11.3 Å². The molecule has 0 bridgehead atoms. The summed E-state index contributed by atoms with van der Waals surface area (Å²) in [4.78, 5) is 2.98. The third-order valence-electron chi connectivity index (χ3n) is 2.24. The van der Waals surface area contributed by atoms with E-state index in [9.17, 15) is 22.0 Å². The van der Waals surface area contributed by atoms with Gasteiger partial charge in [-0.05, 0) is 6.07 Å².